The first-order chi connectivity index (χ1) is 15.3. The molecule has 2 aromatic rings. The van der Waals surface area contributed by atoms with Crippen LogP contribution in [0.3, 0.4) is 0 Å². The van der Waals surface area contributed by atoms with E-state index in [4.69, 9.17) is 4.74 Å². The molecule has 1 aromatic carbocycles. The topological polar surface area (TPSA) is 77.4 Å². The lowest BCUT2D eigenvalue weighted by Crippen LogP contribution is -2.57. The van der Waals surface area contributed by atoms with Crippen LogP contribution < -0.4 is 5.32 Å². The molecule has 4 aliphatic rings. The Kier molecular flexibility index (Phi) is 4.99. The summed E-state index contributed by atoms with van der Waals surface area (Å²) < 4.78 is 7.16. The maximum Gasteiger partial charge on any atom is 0.312 e. The van der Waals surface area contributed by atoms with Crippen LogP contribution in [0.1, 0.15) is 60.1 Å². The molecule has 1 N–H and O–H groups in total. The summed E-state index contributed by atoms with van der Waals surface area (Å²) in [5.74, 6) is -0.311. The number of amides is 2. The van der Waals surface area contributed by atoms with E-state index < -0.39 is 23.8 Å². The molecule has 0 spiro atoms. The minimum atomic E-state index is -0.595. The number of hydrogen-bond acceptors (Lipinski definition) is 4. The Labute approximate surface area is 188 Å². The van der Waals surface area contributed by atoms with Gasteiger partial charge in [-0.15, -0.1) is 0 Å². The van der Waals surface area contributed by atoms with E-state index in [0.29, 0.717) is 17.5 Å². The smallest absolute Gasteiger partial charge is 0.312 e. The van der Waals surface area contributed by atoms with Crippen molar-refractivity contribution >= 4 is 17.8 Å². The van der Waals surface area contributed by atoms with E-state index in [1.54, 1.807) is 29.9 Å². The van der Waals surface area contributed by atoms with Crippen LogP contribution in [0.15, 0.2) is 42.6 Å². The van der Waals surface area contributed by atoms with Crippen LogP contribution in [0.25, 0.3) is 0 Å². The molecule has 1 aromatic heterocycles. The molecule has 2 atom stereocenters. The van der Waals surface area contributed by atoms with Gasteiger partial charge in [-0.25, -0.2) is 0 Å². The normalized spacial score (nSPS) is 30.2. The molecule has 4 fully saturated rings. The van der Waals surface area contributed by atoms with Crippen LogP contribution in [0.5, 0.6) is 0 Å². The van der Waals surface area contributed by atoms with Gasteiger partial charge in [0.1, 0.15) is 5.69 Å². The molecule has 6 nitrogen and oxygen atoms in total. The standard InChI is InChI=1S/C26H30N2O4/c1-17-5-7-20(8-6-17)25-11-18-10-19(12-25)14-26(13-18,16-25)24(31)32-15-22(29)27-23(30)21-4-3-9-28(21)2/h3-9,18-19H,10-16H2,1-2H3,(H,27,29,30). The Bertz CT molecular complexity index is 1050. The van der Waals surface area contributed by atoms with Crippen molar-refractivity contribution in [2.24, 2.45) is 24.3 Å². The van der Waals surface area contributed by atoms with Crippen LogP contribution in [0.2, 0.25) is 0 Å². The lowest BCUT2D eigenvalue weighted by atomic mass is 9.43. The first kappa shape index (κ1) is 21.0. The minimum absolute atomic E-state index is 0.0293. The van der Waals surface area contributed by atoms with Crippen LogP contribution in [0.4, 0.5) is 0 Å². The highest BCUT2D eigenvalue weighted by Crippen LogP contribution is 2.66. The zero-order valence-electron chi connectivity index (χ0n) is 18.7. The summed E-state index contributed by atoms with van der Waals surface area (Å²) in [6.45, 7) is 1.67. The molecule has 4 bridgehead atoms. The second-order valence-electron chi connectivity index (χ2n) is 10.3. The van der Waals surface area contributed by atoms with Gasteiger partial charge in [0.05, 0.1) is 5.41 Å². The molecule has 2 amide bonds. The van der Waals surface area contributed by atoms with Gasteiger partial charge >= 0.3 is 5.97 Å². The van der Waals surface area contributed by atoms with Crippen molar-refractivity contribution in [3.05, 3.63) is 59.4 Å². The second-order valence-corrected chi connectivity index (χ2v) is 10.3. The average molecular weight is 435 g/mol. The molecule has 2 unspecified atom stereocenters. The highest BCUT2D eigenvalue weighted by molar-refractivity contribution is 6.04. The summed E-state index contributed by atoms with van der Waals surface area (Å²) in [5.41, 5.74) is 2.47. The summed E-state index contributed by atoms with van der Waals surface area (Å²) in [5, 5.41) is 2.31. The van der Waals surface area contributed by atoms with Gasteiger partial charge in [-0.05, 0) is 80.4 Å². The Morgan fingerprint density at radius 2 is 1.75 bits per heavy atom. The molecule has 6 heteroatoms. The van der Waals surface area contributed by atoms with Gasteiger partial charge in [0.2, 0.25) is 0 Å². The van der Waals surface area contributed by atoms with Crippen molar-refractivity contribution < 1.29 is 19.1 Å². The Hall–Kier alpha value is -2.89. The lowest BCUT2D eigenvalue weighted by molar-refractivity contribution is -0.175. The number of benzene rings is 1. The Morgan fingerprint density at radius 3 is 2.38 bits per heavy atom. The SMILES string of the molecule is Cc1ccc(C23CC4CC(CC(C(=O)OCC(=O)NC(=O)c5cccn5C)(C4)C2)C3)cc1. The predicted molar refractivity (Wildman–Crippen MR) is 119 cm³/mol. The minimum Gasteiger partial charge on any atom is -0.455 e. The van der Waals surface area contributed by atoms with Crippen molar-refractivity contribution in [3.63, 3.8) is 0 Å². The van der Waals surface area contributed by atoms with Crippen molar-refractivity contribution in [2.75, 3.05) is 6.61 Å². The second kappa shape index (κ2) is 7.61. The number of aromatic nitrogens is 1. The number of esters is 1. The van der Waals surface area contributed by atoms with E-state index in [-0.39, 0.29) is 11.4 Å². The van der Waals surface area contributed by atoms with E-state index >= 15 is 0 Å². The number of hydrogen-bond donors (Lipinski definition) is 1. The van der Waals surface area contributed by atoms with Crippen LogP contribution in [0, 0.1) is 24.2 Å². The fourth-order valence-corrected chi connectivity index (χ4v) is 6.95. The molecular formula is C26H30N2O4. The number of carbonyl (C=O) groups excluding carboxylic acids is 3. The quantitative estimate of drug-likeness (QED) is 0.729. The van der Waals surface area contributed by atoms with Gasteiger partial charge in [0.15, 0.2) is 6.61 Å². The third-order valence-corrected chi connectivity index (χ3v) is 7.92. The fraction of sp³-hybridized carbons (Fsp3) is 0.500. The molecular weight excluding hydrogens is 404 g/mol. The number of nitrogens with zero attached hydrogens (tertiary/aromatic N) is 1. The van der Waals surface area contributed by atoms with E-state index in [9.17, 15) is 14.4 Å². The summed E-state index contributed by atoms with van der Waals surface area (Å²) >= 11 is 0. The molecule has 1 heterocycles. The predicted octanol–water partition coefficient (Wildman–Crippen LogP) is 3.67. The molecule has 0 saturated heterocycles. The molecule has 0 aliphatic heterocycles. The molecule has 168 valence electrons. The van der Waals surface area contributed by atoms with Crippen molar-refractivity contribution in [1.82, 2.24) is 9.88 Å². The number of imide groups is 1. The van der Waals surface area contributed by atoms with E-state index in [2.05, 4.69) is 36.5 Å². The highest BCUT2D eigenvalue weighted by atomic mass is 16.5. The molecule has 4 saturated carbocycles. The summed E-state index contributed by atoms with van der Waals surface area (Å²) in [4.78, 5) is 37.8. The van der Waals surface area contributed by atoms with Gasteiger partial charge < -0.3 is 9.30 Å². The van der Waals surface area contributed by atoms with Gasteiger partial charge in [-0.2, -0.15) is 0 Å². The first-order valence-electron chi connectivity index (χ1n) is 11.5. The average Bonchev–Trinajstić information content (AvgIpc) is 3.17. The van der Waals surface area contributed by atoms with Gasteiger partial charge in [0, 0.05) is 13.2 Å². The third kappa shape index (κ3) is 3.55. The Morgan fingerprint density at radius 1 is 1.06 bits per heavy atom. The summed E-state index contributed by atoms with van der Waals surface area (Å²) in [6, 6.07) is 12.1. The first-order valence-corrected chi connectivity index (χ1v) is 11.5. The maximum absolute atomic E-state index is 13.3. The highest BCUT2D eigenvalue weighted by Gasteiger charge is 2.61. The van der Waals surface area contributed by atoms with Crippen LogP contribution >= 0.6 is 0 Å². The summed E-state index contributed by atoms with van der Waals surface area (Å²) in [6.07, 6.45) is 7.67. The number of ether oxygens (including phenoxy) is 1. The zero-order valence-corrected chi connectivity index (χ0v) is 18.7. The van der Waals surface area contributed by atoms with Crippen LogP contribution in [-0.2, 0) is 26.8 Å². The fourth-order valence-electron chi connectivity index (χ4n) is 6.95. The summed E-state index contributed by atoms with van der Waals surface area (Å²) in [7, 11) is 1.73. The van der Waals surface area contributed by atoms with Crippen LogP contribution in [-0.4, -0.2) is 29.0 Å². The van der Waals surface area contributed by atoms with Crippen molar-refractivity contribution in [2.45, 2.75) is 50.9 Å². The number of nitrogens with one attached hydrogen (secondary N) is 1. The molecule has 4 aliphatic carbocycles. The van der Waals surface area contributed by atoms with E-state index in [1.165, 1.54) is 17.5 Å². The van der Waals surface area contributed by atoms with E-state index in [1.807, 2.05) is 0 Å². The lowest BCUT2D eigenvalue weighted by Gasteiger charge is -2.61. The molecule has 32 heavy (non-hydrogen) atoms. The molecule has 0 radical (unpaired) electrons. The zero-order chi connectivity index (χ0) is 22.5. The number of rotatable bonds is 5. The Balaban J connectivity index is 1.27. The maximum atomic E-state index is 13.3. The van der Waals surface area contributed by atoms with Gasteiger partial charge in [-0.3, -0.25) is 19.7 Å². The third-order valence-electron chi connectivity index (χ3n) is 7.92. The monoisotopic (exact) mass is 434 g/mol. The van der Waals surface area contributed by atoms with E-state index in [0.717, 1.165) is 32.1 Å². The van der Waals surface area contributed by atoms with Crippen molar-refractivity contribution in [3.8, 4) is 0 Å². The van der Waals surface area contributed by atoms with Crippen molar-refractivity contribution in [1.29, 1.82) is 0 Å². The molecule has 6 rings (SSSR count). The van der Waals surface area contributed by atoms with Gasteiger partial charge in [0.25, 0.3) is 11.8 Å². The largest absolute Gasteiger partial charge is 0.455 e. The number of aryl methyl sites for hydroxylation is 2. The number of carbonyl (C=O) groups is 3. The van der Waals surface area contributed by atoms with Gasteiger partial charge in [-0.1, -0.05) is 29.8 Å².